The molecule has 3 aromatic heterocycles. The number of hydrogen-bond donors (Lipinski definition) is 1. The summed E-state index contributed by atoms with van der Waals surface area (Å²) in [6, 6.07) is 3.31. The van der Waals surface area contributed by atoms with Crippen molar-refractivity contribution in [3.8, 4) is 0 Å². The molecular weight excluding hydrogens is 338 g/mol. The van der Waals surface area contributed by atoms with E-state index in [0.717, 1.165) is 23.1 Å². The SMILES string of the molecule is Cc1ccc(C(=O)OCc2nc(N)c3c4c(sc3n2)CCCCC4)o1. The van der Waals surface area contributed by atoms with E-state index in [1.807, 2.05) is 0 Å². The molecule has 6 nitrogen and oxygen atoms in total. The fraction of sp³-hybridized carbons (Fsp3) is 0.389. The van der Waals surface area contributed by atoms with Crippen LogP contribution in [0.2, 0.25) is 0 Å². The van der Waals surface area contributed by atoms with Gasteiger partial charge < -0.3 is 14.9 Å². The van der Waals surface area contributed by atoms with Gasteiger partial charge in [0.1, 0.15) is 16.4 Å². The number of anilines is 1. The highest BCUT2D eigenvalue weighted by molar-refractivity contribution is 7.19. The Labute approximate surface area is 149 Å². The van der Waals surface area contributed by atoms with Crippen molar-refractivity contribution in [3.63, 3.8) is 0 Å². The number of carbonyl (C=O) groups excluding carboxylic acids is 1. The van der Waals surface area contributed by atoms with Crippen LogP contribution in [0.4, 0.5) is 5.82 Å². The van der Waals surface area contributed by atoms with E-state index in [2.05, 4.69) is 9.97 Å². The molecule has 0 aromatic carbocycles. The van der Waals surface area contributed by atoms with E-state index < -0.39 is 5.97 Å². The monoisotopic (exact) mass is 357 g/mol. The smallest absolute Gasteiger partial charge is 0.374 e. The van der Waals surface area contributed by atoms with E-state index in [9.17, 15) is 4.79 Å². The quantitative estimate of drug-likeness (QED) is 0.566. The Kier molecular flexibility index (Phi) is 4.17. The van der Waals surface area contributed by atoms with E-state index in [0.29, 0.717) is 17.4 Å². The third-order valence-corrected chi connectivity index (χ3v) is 5.60. The Morgan fingerprint density at radius 1 is 1.28 bits per heavy atom. The van der Waals surface area contributed by atoms with Crippen LogP contribution in [0.25, 0.3) is 10.2 Å². The lowest BCUT2D eigenvalue weighted by molar-refractivity contribution is 0.0425. The van der Waals surface area contributed by atoms with Crippen LogP contribution in [0.1, 0.15) is 51.8 Å². The summed E-state index contributed by atoms with van der Waals surface area (Å²) in [7, 11) is 0. The largest absolute Gasteiger partial charge is 0.454 e. The summed E-state index contributed by atoms with van der Waals surface area (Å²) in [6.45, 7) is 1.75. The average Bonchev–Trinajstić information content (AvgIpc) is 3.10. The Hall–Kier alpha value is -2.41. The third-order valence-electron chi connectivity index (χ3n) is 4.41. The first-order valence-corrected chi connectivity index (χ1v) is 9.23. The predicted octanol–water partition coefficient (Wildman–Crippen LogP) is 3.80. The van der Waals surface area contributed by atoms with Crippen molar-refractivity contribution in [1.82, 2.24) is 9.97 Å². The number of nitrogen functional groups attached to an aromatic ring is 1. The van der Waals surface area contributed by atoms with Crippen LogP contribution >= 0.6 is 11.3 Å². The number of ether oxygens (including phenoxy) is 1. The lowest BCUT2D eigenvalue weighted by Crippen LogP contribution is -2.08. The predicted molar refractivity (Wildman–Crippen MR) is 95.7 cm³/mol. The summed E-state index contributed by atoms with van der Waals surface area (Å²) >= 11 is 1.69. The second-order valence-electron chi connectivity index (χ2n) is 6.26. The molecule has 1 aliphatic rings. The first-order valence-electron chi connectivity index (χ1n) is 8.42. The Bertz CT molecular complexity index is 945. The molecule has 0 aliphatic heterocycles. The van der Waals surface area contributed by atoms with E-state index >= 15 is 0 Å². The molecular formula is C18H19N3O3S. The van der Waals surface area contributed by atoms with E-state index in [1.54, 1.807) is 30.4 Å². The number of hydrogen-bond acceptors (Lipinski definition) is 7. The number of nitrogens with zero attached hydrogens (tertiary/aromatic N) is 2. The molecule has 25 heavy (non-hydrogen) atoms. The van der Waals surface area contributed by atoms with Crippen LogP contribution in [0.5, 0.6) is 0 Å². The van der Waals surface area contributed by atoms with Crippen molar-refractivity contribution in [2.24, 2.45) is 0 Å². The third kappa shape index (κ3) is 3.11. The minimum Gasteiger partial charge on any atom is -0.454 e. The zero-order valence-corrected chi connectivity index (χ0v) is 14.8. The molecule has 0 saturated carbocycles. The average molecular weight is 357 g/mol. The van der Waals surface area contributed by atoms with Gasteiger partial charge in [0.15, 0.2) is 12.4 Å². The number of aryl methyl sites for hydroxylation is 3. The molecule has 1 aliphatic carbocycles. The number of nitrogens with two attached hydrogens (primary N) is 1. The maximum Gasteiger partial charge on any atom is 0.374 e. The Morgan fingerprint density at radius 3 is 2.92 bits per heavy atom. The highest BCUT2D eigenvalue weighted by Crippen LogP contribution is 2.37. The summed E-state index contributed by atoms with van der Waals surface area (Å²) in [5.74, 6) is 1.20. The van der Waals surface area contributed by atoms with Crippen LogP contribution < -0.4 is 5.73 Å². The highest BCUT2D eigenvalue weighted by Gasteiger charge is 2.20. The van der Waals surface area contributed by atoms with Crippen molar-refractivity contribution in [2.45, 2.75) is 45.6 Å². The number of furan rings is 1. The minimum absolute atomic E-state index is 0.0265. The van der Waals surface area contributed by atoms with Gasteiger partial charge in [-0.15, -0.1) is 11.3 Å². The van der Waals surface area contributed by atoms with Gasteiger partial charge in [-0.3, -0.25) is 0 Å². The molecule has 3 heterocycles. The van der Waals surface area contributed by atoms with Crippen LogP contribution in [0.3, 0.4) is 0 Å². The number of aromatic nitrogens is 2. The number of rotatable bonds is 3. The first-order chi connectivity index (χ1) is 12.1. The van der Waals surface area contributed by atoms with Crippen molar-refractivity contribution < 1.29 is 13.9 Å². The van der Waals surface area contributed by atoms with Crippen molar-refractivity contribution in [2.75, 3.05) is 5.73 Å². The summed E-state index contributed by atoms with van der Waals surface area (Å²) < 4.78 is 10.5. The van der Waals surface area contributed by atoms with Gasteiger partial charge in [0.25, 0.3) is 0 Å². The number of thiophene rings is 1. The molecule has 0 saturated heterocycles. The fourth-order valence-corrected chi connectivity index (χ4v) is 4.51. The maximum atomic E-state index is 12.0. The van der Waals surface area contributed by atoms with E-state index in [4.69, 9.17) is 14.9 Å². The van der Waals surface area contributed by atoms with Crippen LogP contribution in [-0.2, 0) is 24.2 Å². The highest BCUT2D eigenvalue weighted by atomic mass is 32.1. The van der Waals surface area contributed by atoms with Crippen molar-refractivity contribution >= 4 is 33.3 Å². The second-order valence-corrected chi connectivity index (χ2v) is 7.34. The van der Waals surface area contributed by atoms with Crippen LogP contribution in [0.15, 0.2) is 16.5 Å². The molecule has 0 amide bonds. The number of fused-ring (bicyclic) bond motifs is 3. The normalized spacial score (nSPS) is 14.3. The van der Waals surface area contributed by atoms with E-state index in [1.165, 1.54) is 29.7 Å². The fourth-order valence-electron chi connectivity index (χ4n) is 3.22. The van der Waals surface area contributed by atoms with E-state index in [-0.39, 0.29) is 12.4 Å². The van der Waals surface area contributed by atoms with Gasteiger partial charge in [-0.1, -0.05) is 6.42 Å². The lowest BCUT2D eigenvalue weighted by Gasteiger charge is -2.05. The lowest BCUT2D eigenvalue weighted by atomic mass is 10.1. The van der Waals surface area contributed by atoms with Gasteiger partial charge in [0.05, 0.1) is 5.39 Å². The first kappa shape index (κ1) is 16.1. The second kappa shape index (κ2) is 6.48. The molecule has 3 aromatic rings. The van der Waals surface area contributed by atoms with Crippen LogP contribution in [-0.4, -0.2) is 15.9 Å². The number of carbonyl (C=O) groups is 1. The van der Waals surface area contributed by atoms with Gasteiger partial charge in [0, 0.05) is 4.88 Å². The van der Waals surface area contributed by atoms with Gasteiger partial charge in [-0.05, 0) is 50.3 Å². The summed E-state index contributed by atoms with van der Waals surface area (Å²) in [6.07, 6.45) is 5.76. The van der Waals surface area contributed by atoms with Crippen LogP contribution in [0, 0.1) is 6.92 Å². The van der Waals surface area contributed by atoms with Crippen molar-refractivity contribution in [3.05, 3.63) is 39.9 Å². The maximum absolute atomic E-state index is 12.0. The molecule has 130 valence electrons. The molecule has 2 N–H and O–H groups in total. The number of esters is 1. The topological polar surface area (TPSA) is 91.2 Å². The Morgan fingerprint density at radius 2 is 2.12 bits per heavy atom. The zero-order valence-electron chi connectivity index (χ0n) is 14.0. The summed E-state index contributed by atoms with van der Waals surface area (Å²) in [5.41, 5.74) is 7.50. The minimum atomic E-state index is -0.530. The van der Waals surface area contributed by atoms with Gasteiger partial charge in [-0.25, -0.2) is 14.8 Å². The molecule has 0 fully saturated rings. The molecule has 0 atom stereocenters. The zero-order chi connectivity index (χ0) is 17.4. The van der Waals surface area contributed by atoms with Gasteiger partial charge >= 0.3 is 5.97 Å². The summed E-state index contributed by atoms with van der Waals surface area (Å²) in [5, 5.41) is 0.985. The molecule has 4 rings (SSSR count). The standard InChI is InChI=1S/C18H19N3O3S/c1-10-7-8-12(24-10)18(22)23-9-14-20-16(19)15-11-5-3-2-4-6-13(11)25-17(15)21-14/h7-8H,2-6,9H2,1H3,(H2,19,20,21). The molecule has 0 bridgehead atoms. The van der Waals surface area contributed by atoms with Gasteiger partial charge in [0.2, 0.25) is 5.76 Å². The molecule has 0 radical (unpaired) electrons. The Balaban J connectivity index is 1.57. The molecule has 7 heteroatoms. The molecule has 0 spiro atoms. The molecule has 0 unspecified atom stereocenters. The summed E-state index contributed by atoms with van der Waals surface area (Å²) in [4.78, 5) is 23.1. The van der Waals surface area contributed by atoms with Gasteiger partial charge in [-0.2, -0.15) is 0 Å². The van der Waals surface area contributed by atoms with Crippen molar-refractivity contribution in [1.29, 1.82) is 0 Å².